The molecule has 0 bridgehead atoms. The van der Waals surface area contributed by atoms with Gasteiger partial charge in [0.05, 0.1) is 0 Å². The number of nitrogens with zero attached hydrogens (tertiary/aromatic N) is 1. The molecule has 2 atom stereocenters. The number of rotatable bonds is 0. The van der Waals surface area contributed by atoms with Gasteiger partial charge in [0.25, 0.3) is 0 Å². The molecule has 1 N–H and O–H groups in total. The van der Waals surface area contributed by atoms with E-state index in [4.69, 9.17) is 0 Å². The largest absolute Gasteiger partial charge is 0.316 e. The normalized spacial score (nSPS) is 41.7. The number of piperidine rings is 1. The van der Waals surface area contributed by atoms with Gasteiger partial charge in [-0.2, -0.15) is 0 Å². The van der Waals surface area contributed by atoms with Gasteiger partial charge in [0.15, 0.2) is 0 Å². The molecule has 2 unspecified atom stereocenters. The minimum Gasteiger partial charge on any atom is -0.316 e. The van der Waals surface area contributed by atoms with Gasteiger partial charge >= 0.3 is 0 Å². The monoisotopic (exact) mass is 140 g/mol. The molecule has 2 nitrogen and oxygen atoms in total. The molecule has 2 heterocycles. The molecule has 2 aliphatic heterocycles. The van der Waals surface area contributed by atoms with Crippen LogP contribution in [-0.2, 0) is 0 Å². The minimum absolute atomic E-state index is 0.957. The predicted octanol–water partition coefficient (Wildman–Crippen LogP) is 0.158. The summed E-state index contributed by atoms with van der Waals surface area (Å²) in [5, 5.41) is 3.45. The average molecular weight is 140 g/mol. The fraction of sp³-hybridized carbons (Fsp3) is 1.00. The first-order valence-electron chi connectivity index (χ1n) is 4.25. The van der Waals surface area contributed by atoms with Gasteiger partial charge in [-0.25, -0.2) is 0 Å². The SMILES string of the molecule is CN1CC2CCNCC2C1. The van der Waals surface area contributed by atoms with Crippen molar-refractivity contribution in [1.29, 1.82) is 0 Å². The zero-order chi connectivity index (χ0) is 6.97. The van der Waals surface area contributed by atoms with Crippen LogP contribution in [-0.4, -0.2) is 38.1 Å². The second-order valence-electron chi connectivity index (χ2n) is 3.73. The Balaban J connectivity index is 1.97. The van der Waals surface area contributed by atoms with E-state index < -0.39 is 0 Å². The van der Waals surface area contributed by atoms with Crippen molar-refractivity contribution in [2.24, 2.45) is 11.8 Å². The van der Waals surface area contributed by atoms with Crippen molar-refractivity contribution in [1.82, 2.24) is 10.2 Å². The summed E-state index contributed by atoms with van der Waals surface area (Å²) in [6.45, 7) is 5.16. The van der Waals surface area contributed by atoms with Crippen molar-refractivity contribution in [2.75, 3.05) is 33.2 Å². The van der Waals surface area contributed by atoms with Gasteiger partial charge in [-0.15, -0.1) is 0 Å². The molecule has 0 spiro atoms. The molecule has 0 aromatic rings. The van der Waals surface area contributed by atoms with E-state index in [9.17, 15) is 0 Å². The van der Waals surface area contributed by atoms with Gasteiger partial charge in [0, 0.05) is 13.1 Å². The maximum atomic E-state index is 3.45. The maximum absolute atomic E-state index is 3.45. The van der Waals surface area contributed by atoms with Crippen LogP contribution in [0.2, 0.25) is 0 Å². The summed E-state index contributed by atoms with van der Waals surface area (Å²) in [5.41, 5.74) is 0. The van der Waals surface area contributed by atoms with Crippen LogP contribution in [0.3, 0.4) is 0 Å². The summed E-state index contributed by atoms with van der Waals surface area (Å²) in [6, 6.07) is 0. The highest BCUT2D eigenvalue weighted by Gasteiger charge is 2.31. The highest BCUT2D eigenvalue weighted by molar-refractivity contribution is 4.86. The number of fused-ring (bicyclic) bond motifs is 1. The summed E-state index contributed by atoms with van der Waals surface area (Å²) >= 11 is 0. The van der Waals surface area contributed by atoms with Crippen molar-refractivity contribution in [3.8, 4) is 0 Å². The molecule has 2 fully saturated rings. The van der Waals surface area contributed by atoms with Crippen molar-refractivity contribution in [3.05, 3.63) is 0 Å². The second-order valence-corrected chi connectivity index (χ2v) is 3.73. The molecule has 2 heteroatoms. The van der Waals surface area contributed by atoms with Gasteiger partial charge in [-0.05, 0) is 38.4 Å². The summed E-state index contributed by atoms with van der Waals surface area (Å²) in [4.78, 5) is 2.46. The van der Waals surface area contributed by atoms with Crippen LogP contribution in [0.1, 0.15) is 6.42 Å². The molecular weight excluding hydrogens is 124 g/mol. The Morgan fingerprint density at radius 3 is 2.90 bits per heavy atom. The molecular formula is C8H16N2. The molecule has 0 aliphatic carbocycles. The van der Waals surface area contributed by atoms with E-state index in [1.165, 1.54) is 32.6 Å². The Morgan fingerprint density at radius 2 is 2.10 bits per heavy atom. The molecule has 58 valence electrons. The first kappa shape index (κ1) is 6.62. The van der Waals surface area contributed by atoms with E-state index in [1.807, 2.05) is 0 Å². The fourth-order valence-electron chi connectivity index (χ4n) is 2.31. The third-order valence-electron chi connectivity index (χ3n) is 2.86. The standard InChI is InChI=1S/C8H16N2/c1-10-5-7-2-3-9-4-8(7)6-10/h7-9H,2-6H2,1H3. The Bertz CT molecular complexity index is 110. The predicted molar refractivity (Wildman–Crippen MR) is 42.0 cm³/mol. The van der Waals surface area contributed by atoms with Gasteiger partial charge in [-0.3, -0.25) is 0 Å². The molecule has 0 amide bonds. The number of hydrogen-bond acceptors (Lipinski definition) is 2. The molecule has 0 saturated carbocycles. The average Bonchev–Trinajstić information content (AvgIpc) is 2.27. The quantitative estimate of drug-likeness (QED) is 0.515. The first-order valence-corrected chi connectivity index (χ1v) is 4.25. The molecule has 10 heavy (non-hydrogen) atoms. The van der Waals surface area contributed by atoms with E-state index in [2.05, 4.69) is 17.3 Å². The zero-order valence-electron chi connectivity index (χ0n) is 6.64. The van der Waals surface area contributed by atoms with Crippen molar-refractivity contribution in [2.45, 2.75) is 6.42 Å². The topological polar surface area (TPSA) is 15.3 Å². The summed E-state index contributed by atoms with van der Waals surface area (Å²) in [6.07, 6.45) is 1.40. The third kappa shape index (κ3) is 1.06. The number of nitrogens with one attached hydrogen (secondary N) is 1. The molecule has 0 radical (unpaired) electrons. The lowest BCUT2D eigenvalue weighted by Crippen LogP contribution is -2.35. The van der Waals surface area contributed by atoms with E-state index in [0.717, 1.165) is 11.8 Å². The number of hydrogen-bond donors (Lipinski definition) is 1. The van der Waals surface area contributed by atoms with E-state index >= 15 is 0 Å². The molecule has 2 aliphatic rings. The summed E-state index contributed by atoms with van der Waals surface area (Å²) < 4.78 is 0. The van der Waals surface area contributed by atoms with Crippen LogP contribution in [0.15, 0.2) is 0 Å². The number of likely N-dealkylation sites (tertiary alicyclic amines) is 1. The van der Waals surface area contributed by atoms with E-state index in [-0.39, 0.29) is 0 Å². The first-order chi connectivity index (χ1) is 4.86. The Kier molecular flexibility index (Phi) is 1.66. The Hall–Kier alpha value is -0.0800. The van der Waals surface area contributed by atoms with Crippen LogP contribution < -0.4 is 5.32 Å². The van der Waals surface area contributed by atoms with Crippen LogP contribution >= 0.6 is 0 Å². The third-order valence-corrected chi connectivity index (χ3v) is 2.86. The molecule has 0 aromatic carbocycles. The lowest BCUT2D eigenvalue weighted by molar-refractivity contribution is 0.318. The minimum atomic E-state index is 0.957. The van der Waals surface area contributed by atoms with Gasteiger partial charge < -0.3 is 10.2 Å². The van der Waals surface area contributed by atoms with Crippen LogP contribution in [0, 0.1) is 11.8 Å². The Labute approximate surface area is 62.6 Å². The van der Waals surface area contributed by atoms with Crippen LogP contribution in [0.25, 0.3) is 0 Å². The second kappa shape index (κ2) is 2.51. The van der Waals surface area contributed by atoms with Gasteiger partial charge in [0.1, 0.15) is 0 Å². The van der Waals surface area contributed by atoms with Crippen molar-refractivity contribution < 1.29 is 0 Å². The maximum Gasteiger partial charge on any atom is 0.00220 e. The summed E-state index contributed by atoms with van der Waals surface area (Å²) in [7, 11) is 2.23. The lowest BCUT2D eigenvalue weighted by Gasteiger charge is -2.24. The van der Waals surface area contributed by atoms with Crippen molar-refractivity contribution in [3.63, 3.8) is 0 Å². The zero-order valence-corrected chi connectivity index (χ0v) is 6.64. The van der Waals surface area contributed by atoms with Crippen molar-refractivity contribution >= 4 is 0 Å². The Morgan fingerprint density at radius 1 is 1.30 bits per heavy atom. The van der Waals surface area contributed by atoms with Gasteiger partial charge in [0.2, 0.25) is 0 Å². The molecule has 0 aromatic heterocycles. The summed E-state index contributed by atoms with van der Waals surface area (Å²) in [5.74, 6) is 1.96. The highest BCUT2D eigenvalue weighted by atomic mass is 15.1. The van der Waals surface area contributed by atoms with Gasteiger partial charge in [-0.1, -0.05) is 0 Å². The molecule has 2 rings (SSSR count). The lowest BCUT2D eigenvalue weighted by atomic mass is 9.90. The van der Waals surface area contributed by atoms with Crippen LogP contribution in [0.4, 0.5) is 0 Å². The molecule has 2 saturated heterocycles. The highest BCUT2D eigenvalue weighted by Crippen LogP contribution is 2.26. The smallest absolute Gasteiger partial charge is 0.00220 e. The fourth-order valence-corrected chi connectivity index (χ4v) is 2.31. The van der Waals surface area contributed by atoms with E-state index in [0.29, 0.717) is 0 Å². The van der Waals surface area contributed by atoms with Crippen LogP contribution in [0.5, 0.6) is 0 Å². The van der Waals surface area contributed by atoms with E-state index in [1.54, 1.807) is 0 Å².